The number of hydrogen-bond donors (Lipinski definition) is 3. The molecular formula is C23H27F3N4O5. The number of hydrogen-bond acceptors (Lipinski definition) is 7. The van der Waals surface area contributed by atoms with Crippen molar-refractivity contribution in [3.63, 3.8) is 0 Å². The van der Waals surface area contributed by atoms with Crippen LogP contribution in [0.25, 0.3) is 0 Å². The zero-order chi connectivity index (χ0) is 25.8. The summed E-state index contributed by atoms with van der Waals surface area (Å²) in [4.78, 5) is 40.3. The highest BCUT2D eigenvalue weighted by molar-refractivity contribution is 5.85. The van der Waals surface area contributed by atoms with Gasteiger partial charge in [-0.1, -0.05) is 12.1 Å². The van der Waals surface area contributed by atoms with Gasteiger partial charge in [-0.3, -0.25) is 14.4 Å². The van der Waals surface area contributed by atoms with Crippen LogP contribution in [0.15, 0.2) is 42.6 Å². The summed E-state index contributed by atoms with van der Waals surface area (Å²) < 4.78 is 45.5. The zero-order valence-electron chi connectivity index (χ0n) is 19.3. The number of methoxy groups -OCH3 is 1. The Morgan fingerprint density at radius 3 is 2.43 bits per heavy atom. The number of carbonyl (C=O) groups is 3. The number of anilines is 1. The molecule has 2 amide bonds. The summed E-state index contributed by atoms with van der Waals surface area (Å²) >= 11 is 0. The third-order valence-corrected chi connectivity index (χ3v) is 4.70. The SMILES string of the molecule is COC(=O)CC(NC(=O)CNC(=O)CCCNc1cc(C)ccn1)c1ccc(OC(F)(F)F)cc1. The number of amides is 2. The van der Waals surface area contributed by atoms with E-state index in [0.29, 0.717) is 24.3 Å². The van der Waals surface area contributed by atoms with Crippen LogP contribution in [0.2, 0.25) is 0 Å². The average Bonchev–Trinajstić information content (AvgIpc) is 2.79. The number of aromatic nitrogens is 1. The molecule has 0 bridgehead atoms. The second-order valence-corrected chi connectivity index (χ2v) is 7.54. The summed E-state index contributed by atoms with van der Waals surface area (Å²) in [6, 6.07) is 7.61. The van der Waals surface area contributed by atoms with Crippen molar-refractivity contribution in [1.29, 1.82) is 0 Å². The lowest BCUT2D eigenvalue weighted by Gasteiger charge is -2.19. The van der Waals surface area contributed by atoms with Crippen LogP contribution in [0, 0.1) is 6.92 Å². The van der Waals surface area contributed by atoms with E-state index in [2.05, 4.69) is 30.4 Å². The summed E-state index contributed by atoms with van der Waals surface area (Å²) in [5.74, 6) is -1.28. The number of alkyl halides is 3. The molecule has 35 heavy (non-hydrogen) atoms. The number of rotatable bonds is 12. The van der Waals surface area contributed by atoms with Gasteiger partial charge in [-0.05, 0) is 48.7 Å². The number of pyridine rings is 1. The quantitative estimate of drug-likeness (QED) is 0.305. The van der Waals surface area contributed by atoms with Crippen LogP contribution in [-0.4, -0.2) is 49.3 Å². The molecule has 1 atom stereocenters. The van der Waals surface area contributed by atoms with Gasteiger partial charge in [0, 0.05) is 19.2 Å². The molecule has 12 heteroatoms. The summed E-state index contributed by atoms with van der Waals surface area (Å²) in [5, 5.41) is 8.18. The van der Waals surface area contributed by atoms with Crippen molar-refractivity contribution >= 4 is 23.6 Å². The zero-order valence-corrected chi connectivity index (χ0v) is 19.3. The molecule has 9 nitrogen and oxygen atoms in total. The largest absolute Gasteiger partial charge is 0.573 e. The highest BCUT2D eigenvalue weighted by Gasteiger charge is 2.31. The lowest BCUT2D eigenvalue weighted by molar-refractivity contribution is -0.274. The first-order valence-electron chi connectivity index (χ1n) is 10.7. The Balaban J connectivity index is 1.82. The van der Waals surface area contributed by atoms with Crippen LogP contribution < -0.4 is 20.7 Å². The van der Waals surface area contributed by atoms with Crippen LogP contribution in [-0.2, 0) is 19.1 Å². The minimum Gasteiger partial charge on any atom is -0.469 e. The Hall–Kier alpha value is -3.83. The summed E-state index contributed by atoms with van der Waals surface area (Å²) in [5.41, 5.74) is 1.42. The maximum Gasteiger partial charge on any atom is 0.573 e. The monoisotopic (exact) mass is 496 g/mol. The van der Waals surface area contributed by atoms with Crippen LogP contribution in [0.1, 0.15) is 36.4 Å². The van der Waals surface area contributed by atoms with Crippen LogP contribution in [0.3, 0.4) is 0 Å². The Morgan fingerprint density at radius 1 is 1.09 bits per heavy atom. The molecule has 1 aromatic carbocycles. The third-order valence-electron chi connectivity index (χ3n) is 4.70. The van der Waals surface area contributed by atoms with Crippen molar-refractivity contribution < 1.29 is 37.0 Å². The van der Waals surface area contributed by atoms with E-state index in [1.807, 2.05) is 19.1 Å². The lowest BCUT2D eigenvalue weighted by atomic mass is 10.0. The first-order chi connectivity index (χ1) is 16.6. The molecule has 0 spiro atoms. The summed E-state index contributed by atoms with van der Waals surface area (Å²) in [7, 11) is 1.17. The highest BCUT2D eigenvalue weighted by Crippen LogP contribution is 2.25. The fourth-order valence-electron chi connectivity index (χ4n) is 3.01. The average molecular weight is 496 g/mol. The van der Waals surface area contributed by atoms with Crippen molar-refractivity contribution in [1.82, 2.24) is 15.6 Å². The van der Waals surface area contributed by atoms with E-state index >= 15 is 0 Å². The number of benzene rings is 1. The molecule has 0 aliphatic rings. The van der Waals surface area contributed by atoms with Gasteiger partial charge in [0.15, 0.2) is 0 Å². The van der Waals surface area contributed by atoms with Gasteiger partial charge in [0.05, 0.1) is 26.1 Å². The topological polar surface area (TPSA) is 119 Å². The Labute approximate surface area is 200 Å². The van der Waals surface area contributed by atoms with Gasteiger partial charge in [-0.25, -0.2) is 4.98 Å². The van der Waals surface area contributed by atoms with Crippen LogP contribution in [0.5, 0.6) is 5.75 Å². The van der Waals surface area contributed by atoms with E-state index < -0.39 is 30.0 Å². The summed E-state index contributed by atoms with van der Waals surface area (Å²) in [6.07, 6.45) is -2.72. The second-order valence-electron chi connectivity index (χ2n) is 7.54. The number of halogens is 3. The van der Waals surface area contributed by atoms with E-state index in [1.165, 1.54) is 19.2 Å². The maximum atomic E-state index is 12.3. The first kappa shape index (κ1) is 27.4. The van der Waals surface area contributed by atoms with Gasteiger partial charge >= 0.3 is 12.3 Å². The third kappa shape index (κ3) is 10.8. The predicted octanol–water partition coefficient (Wildman–Crippen LogP) is 3.02. The van der Waals surface area contributed by atoms with Crippen LogP contribution >= 0.6 is 0 Å². The number of aryl methyl sites for hydroxylation is 1. The Bertz CT molecular complexity index is 999. The molecule has 0 aliphatic carbocycles. The van der Waals surface area contributed by atoms with Crippen molar-refractivity contribution in [2.45, 2.75) is 38.6 Å². The molecule has 1 aromatic heterocycles. The minimum absolute atomic E-state index is 0.179. The fraction of sp³-hybridized carbons (Fsp3) is 0.391. The minimum atomic E-state index is -4.84. The van der Waals surface area contributed by atoms with Gasteiger partial charge in [0.2, 0.25) is 11.8 Å². The molecule has 0 saturated heterocycles. The standard InChI is InChI=1S/C23H27F3N4O5/c1-15-9-11-28-19(12-15)27-10-3-4-20(31)29-14-21(32)30-18(13-22(33)34-2)16-5-7-17(8-6-16)35-23(24,25)26/h5-9,11-12,18H,3-4,10,13-14H2,1-2H3,(H,27,28)(H,29,31)(H,30,32). The molecule has 0 fully saturated rings. The van der Waals surface area contributed by atoms with E-state index in [4.69, 9.17) is 0 Å². The molecule has 2 rings (SSSR count). The number of nitrogens with zero attached hydrogens (tertiary/aromatic N) is 1. The number of ether oxygens (including phenoxy) is 2. The number of esters is 1. The molecule has 1 unspecified atom stereocenters. The molecule has 3 N–H and O–H groups in total. The molecule has 1 heterocycles. The normalized spacial score (nSPS) is 11.8. The summed E-state index contributed by atoms with van der Waals surface area (Å²) in [6.45, 7) is 2.13. The van der Waals surface area contributed by atoms with Crippen LogP contribution in [0.4, 0.5) is 19.0 Å². The molecular weight excluding hydrogens is 469 g/mol. The van der Waals surface area contributed by atoms with Gasteiger partial charge in [-0.15, -0.1) is 13.2 Å². The Morgan fingerprint density at radius 2 is 1.80 bits per heavy atom. The molecule has 0 aliphatic heterocycles. The van der Waals surface area contributed by atoms with Gasteiger partial charge in [0.1, 0.15) is 11.6 Å². The molecule has 0 saturated carbocycles. The van der Waals surface area contributed by atoms with Gasteiger partial charge < -0.3 is 25.4 Å². The van der Waals surface area contributed by atoms with E-state index in [9.17, 15) is 27.6 Å². The predicted molar refractivity (Wildman–Crippen MR) is 120 cm³/mol. The van der Waals surface area contributed by atoms with Crippen molar-refractivity contribution in [3.8, 4) is 5.75 Å². The first-order valence-corrected chi connectivity index (χ1v) is 10.7. The van der Waals surface area contributed by atoms with E-state index in [0.717, 1.165) is 17.7 Å². The Kier molecular flexibility index (Phi) is 10.3. The lowest BCUT2D eigenvalue weighted by Crippen LogP contribution is -2.39. The molecule has 0 radical (unpaired) electrons. The molecule has 190 valence electrons. The van der Waals surface area contributed by atoms with Crippen molar-refractivity contribution in [2.24, 2.45) is 0 Å². The number of nitrogens with one attached hydrogen (secondary N) is 3. The highest BCUT2D eigenvalue weighted by atomic mass is 19.4. The smallest absolute Gasteiger partial charge is 0.469 e. The fourth-order valence-corrected chi connectivity index (χ4v) is 3.01. The molecule has 2 aromatic rings. The van der Waals surface area contributed by atoms with E-state index in [1.54, 1.807) is 6.20 Å². The van der Waals surface area contributed by atoms with Crippen molar-refractivity contribution in [2.75, 3.05) is 25.5 Å². The van der Waals surface area contributed by atoms with Gasteiger partial charge in [-0.2, -0.15) is 0 Å². The second kappa shape index (κ2) is 13.2. The van der Waals surface area contributed by atoms with E-state index in [-0.39, 0.29) is 25.3 Å². The maximum absolute atomic E-state index is 12.3. The van der Waals surface area contributed by atoms with Crippen molar-refractivity contribution in [3.05, 3.63) is 53.7 Å². The number of carbonyl (C=O) groups excluding carboxylic acids is 3. The van der Waals surface area contributed by atoms with Gasteiger partial charge in [0.25, 0.3) is 0 Å².